The minimum Gasteiger partial charge on any atom is -0.504 e. The zero-order chi connectivity index (χ0) is 18.8. The fraction of sp³-hybridized carbons (Fsp3) is 0.0870. The second-order valence-electron chi connectivity index (χ2n) is 6.26. The molecule has 1 atom stereocenters. The number of hydrogen-bond acceptors (Lipinski definition) is 4. The molecule has 134 valence electrons. The van der Waals surface area contributed by atoms with Crippen LogP contribution >= 0.6 is 0 Å². The van der Waals surface area contributed by atoms with Gasteiger partial charge in [0.15, 0.2) is 23.4 Å². The summed E-state index contributed by atoms with van der Waals surface area (Å²) in [5, 5.41) is 10.2. The third kappa shape index (κ3) is 3.17. The van der Waals surface area contributed by atoms with Crippen molar-refractivity contribution in [1.82, 2.24) is 0 Å². The Bertz CT molecular complexity index is 1000. The molecule has 4 rings (SSSR count). The van der Waals surface area contributed by atoms with E-state index in [1.807, 2.05) is 60.7 Å². The fourth-order valence-corrected chi connectivity index (χ4v) is 3.18. The van der Waals surface area contributed by atoms with Gasteiger partial charge in [0, 0.05) is 5.57 Å². The minimum atomic E-state index is -0.596. The van der Waals surface area contributed by atoms with Gasteiger partial charge in [-0.25, -0.2) is 0 Å². The Morgan fingerprint density at radius 1 is 0.963 bits per heavy atom. The number of benzene rings is 3. The van der Waals surface area contributed by atoms with E-state index < -0.39 is 6.10 Å². The third-order valence-electron chi connectivity index (χ3n) is 4.56. The quantitative estimate of drug-likeness (QED) is 0.683. The smallest absolute Gasteiger partial charge is 0.196 e. The van der Waals surface area contributed by atoms with Gasteiger partial charge in [0.05, 0.1) is 12.7 Å². The predicted molar refractivity (Wildman–Crippen MR) is 103 cm³/mol. The summed E-state index contributed by atoms with van der Waals surface area (Å²) >= 11 is 0. The van der Waals surface area contributed by atoms with Gasteiger partial charge >= 0.3 is 0 Å². The van der Waals surface area contributed by atoms with Crippen molar-refractivity contribution >= 4 is 11.9 Å². The number of carbonyl (C=O) groups is 1. The van der Waals surface area contributed by atoms with E-state index in [-0.39, 0.29) is 17.3 Å². The summed E-state index contributed by atoms with van der Waals surface area (Å²) in [5.74, 6) is 0.781. The molecule has 3 aromatic carbocycles. The Morgan fingerprint density at radius 3 is 2.41 bits per heavy atom. The van der Waals surface area contributed by atoms with E-state index in [0.29, 0.717) is 11.1 Å². The van der Waals surface area contributed by atoms with Gasteiger partial charge in [-0.1, -0.05) is 48.5 Å². The van der Waals surface area contributed by atoms with Crippen LogP contribution in [-0.2, 0) is 0 Å². The third-order valence-corrected chi connectivity index (χ3v) is 4.56. The van der Waals surface area contributed by atoms with E-state index in [4.69, 9.17) is 9.47 Å². The molecule has 3 aromatic rings. The van der Waals surface area contributed by atoms with Crippen molar-refractivity contribution in [2.45, 2.75) is 6.10 Å². The standard InChI is InChI=1S/C23H18O4/c1-26-17-12-10-15(11-13-17)14-19-21(25)18-8-5-9-20(24)23(18)27-22(19)16-6-3-2-4-7-16/h2-14,22,24H,1H3. The number of ether oxygens (including phenoxy) is 2. The van der Waals surface area contributed by atoms with Crippen LogP contribution in [0.1, 0.15) is 27.6 Å². The Morgan fingerprint density at radius 2 is 1.70 bits per heavy atom. The van der Waals surface area contributed by atoms with Crippen molar-refractivity contribution in [3.8, 4) is 17.2 Å². The van der Waals surface area contributed by atoms with Crippen LogP contribution in [0.15, 0.2) is 78.4 Å². The molecule has 4 heteroatoms. The molecule has 1 aliphatic heterocycles. The zero-order valence-electron chi connectivity index (χ0n) is 14.8. The van der Waals surface area contributed by atoms with E-state index in [1.165, 1.54) is 6.07 Å². The Hall–Kier alpha value is -3.53. The Balaban J connectivity index is 1.84. The van der Waals surface area contributed by atoms with E-state index in [1.54, 1.807) is 19.2 Å². The second kappa shape index (κ2) is 7.00. The lowest BCUT2D eigenvalue weighted by atomic mass is 9.89. The normalized spacial score (nSPS) is 17.3. The summed E-state index contributed by atoms with van der Waals surface area (Å²) in [4.78, 5) is 13.2. The number of Topliss-reactive ketones (excluding diaryl/α,β-unsaturated/α-hetero) is 1. The molecule has 27 heavy (non-hydrogen) atoms. The average Bonchev–Trinajstić information content (AvgIpc) is 2.71. The van der Waals surface area contributed by atoms with Gasteiger partial charge in [0.2, 0.25) is 0 Å². The molecule has 0 radical (unpaired) electrons. The molecule has 1 unspecified atom stereocenters. The fourth-order valence-electron chi connectivity index (χ4n) is 3.18. The number of methoxy groups -OCH3 is 1. The SMILES string of the molecule is COc1ccc(C=C2C(=O)c3cccc(O)c3OC2c2ccccc2)cc1. The van der Waals surface area contributed by atoms with Crippen molar-refractivity contribution in [2.24, 2.45) is 0 Å². The first-order chi connectivity index (χ1) is 13.2. The molecule has 0 saturated carbocycles. The van der Waals surface area contributed by atoms with Gasteiger partial charge in [0.25, 0.3) is 0 Å². The molecule has 4 nitrogen and oxygen atoms in total. The molecule has 0 fully saturated rings. The molecule has 0 aromatic heterocycles. The van der Waals surface area contributed by atoms with Gasteiger partial charge < -0.3 is 14.6 Å². The number of carbonyl (C=O) groups excluding carboxylic acids is 1. The number of ketones is 1. The summed E-state index contributed by atoms with van der Waals surface area (Å²) in [6.07, 6.45) is 1.23. The van der Waals surface area contributed by atoms with Gasteiger partial charge in [-0.05, 0) is 41.5 Å². The Labute approximate surface area is 157 Å². The van der Waals surface area contributed by atoms with Crippen LogP contribution in [0.3, 0.4) is 0 Å². The van der Waals surface area contributed by atoms with E-state index in [0.717, 1.165) is 16.9 Å². The maximum Gasteiger partial charge on any atom is 0.196 e. The predicted octanol–water partition coefficient (Wildman–Crippen LogP) is 4.80. The van der Waals surface area contributed by atoms with Crippen LogP contribution in [0, 0.1) is 0 Å². The van der Waals surface area contributed by atoms with Crippen molar-refractivity contribution in [3.63, 3.8) is 0 Å². The molecular formula is C23H18O4. The van der Waals surface area contributed by atoms with Gasteiger partial charge in [-0.3, -0.25) is 4.79 Å². The second-order valence-corrected chi connectivity index (χ2v) is 6.26. The van der Waals surface area contributed by atoms with Crippen LogP contribution in [0.4, 0.5) is 0 Å². The van der Waals surface area contributed by atoms with Gasteiger partial charge in [0.1, 0.15) is 5.75 Å². The molecule has 0 spiro atoms. The van der Waals surface area contributed by atoms with Crippen LogP contribution in [-0.4, -0.2) is 18.0 Å². The molecule has 1 aliphatic rings. The largest absolute Gasteiger partial charge is 0.504 e. The molecule has 0 amide bonds. The molecule has 0 bridgehead atoms. The lowest BCUT2D eigenvalue weighted by molar-refractivity contribution is 0.0959. The number of rotatable bonds is 3. The molecular weight excluding hydrogens is 340 g/mol. The summed E-state index contributed by atoms with van der Waals surface area (Å²) in [6.45, 7) is 0. The first kappa shape index (κ1) is 16.9. The topological polar surface area (TPSA) is 55.8 Å². The molecule has 1 heterocycles. The summed E-state index contributed by atoms with van der Waals surface area (Å²) in [5.41, 5.74) is 2.60. The highest BCUT2D eigenvalue weighted by Crippen LogP contribution is 2.43. The number of aromatic hydroxyl groups is 1. The van der Waals surface area contributed by atoms with Crippen LogP contribution in [0.5, 0.6) is 17.2 Å². The first-order valence-corrected chi connectivity index (χ1v) is 8.61. The Kier molecular flexibility index (Phi) is 4.38. The maximum absolute atomic E-state index is 13.2. The minimum absolute atomic E-state index is 0.0368. The summed E-state index contributed by atoms with van der Waals surface area (Å²) in [6, 6.07) is 21.8. The first-order valence-electron chi connectivity index (χ1n) is 8.61. The summed E-state index contributed by atoms with van der Waals surface area (Å²) < 4.78 is 11.3. The highest BCUT2D eigenvalue weighted by atomic mass is 16.5. The number of phenolic OH excluding ortho intramolecular Hbond substituents is 1. The van der Waals surface area contributed by atoms with E-state index in [9.17, 15) is 9.90 Å². The van der Waals surface area contributed by atoms with Gasteiger partial charge in [-0.15, -0.1) is 0 Å². The summed E-state index contributed by atoms with van der Waals surface area (Å²) in [7, 11) is 1.61. The van der Waals surface area contributed by atoms with E-state index >= 15 is 0 Å². The maximum atomic E-state index is 13.2. The lowest BCUT2D eigenvalue weighted by Gasteiger charge is -2.28. The number of hydrogen-bond donors (Lipinski definition) is 1. The number of fused-ring (bicyclic) bond motifs is 1. The van der Waals surface area contributed by atoms with Crippen molar-refractivity contribution in [1.29, 1.82) is 0 Å². The van der Waals surface area contributed by atoms with Crippen molar-refractivity contribution in [3.05, 3.63) is 95.1 Å². The monoisotopic (exact) mass is 358 g/mol. The van der Waals surface area contributed by atoms with Gasteiger partial charge in [-0.2, -0.15) is 0 Å². The van der Waals surface area contributed by atoms with Crippen LogP contribution in [0.25, 0.3) is 6.08 Å². The van der Waals surface area contributed by atoms with Crippen molar-refractivity contribution < 1.29 is 19.4 Å². The van der Waals surface area contributed by atoms with Crippen LogP contribution < -0.4 is 9.47 Å². The number of para-hydroxylation sites is 1. The highest BCUT2D eigenvalue weighted by Gasteiger charge is 2.34. The zero-order valence-corrected chi connectivity index (χ0v) is 14.8. The highest BCUT2D eigenvalue weighted by molar-refractivity contribution is 6.15. The number of phenols is 1. The lowest BCUT2D eigenvalue weighted by Crippen LogP contribution is -2.23. The molecule has 1 N–H and O–H groups in total. The van der Waals surface area contributed by atoms with Crippen LogP contribution in [0.2, 0.25) is 0 Å². The van der Waals surface area contributed by atoms with Crippen molar-refractivity contribution in [2.75, 3.05) is 7.11 Å². The van der Waals surface area contributed by atoms with E-state index in [2.05, 4.69) is 0 Å². The molecule has 0 saturated heterocycles. The molecule has 0 aliphatic carbocycles. The average molecular weight is 358 g/mol.